The van der Waals surface area contributed by atoms with Crippen LogP contribution in [0.15, 0.2) is 67.0 Å². The van der Waals surface area contributed by atoms with E-state index in [1.807, 2.05) is 65.6 Å². The zero-order valence-electron chi connectivity index (χ0n) is 25.5. The highest BCUT2D eigenvalue weighted by molar-refractivity contribution is 5.84. The van der Waals surface area contributed by atoms with Crippen LogP contribution in [0.1, 0.15) is 36.1 Å². The summed E-state index contributed by atoms with van der Waals surface area (Å²) in [6.45, 7) is 0.727. The van der Waals surface area contributed by atoms with Crippen molar-refractivity contribution in [2.45, 2.75) is 55.5 Å². The molecule has 0 bridgehead atoms. The molecule has 2 saturated heterocycles. The van der Waals surface area contributed by atoms with E-state index in [-0.39, 0.29) is 17.6 Å². The molecule has 0 saturated carbocycles. The number of halogens is 3. The number of alkyl halides is 3. The minimum absolute atomic E-state index is 0.00121. The molecule has 0 radical (unpaired) electrons. The van der Waals surface area contributed by atoms with Crippen LogP contribution in [0.2, 0.25) is 0 Å². The molecule has 3 N–H and O–H groups in total. The number of esters is 1. The standard InChI is InChI=1S/C32H35F3N6O6/c1-45-17-21-13-8-14-40(21)31-38-27(36-15-22(19-9-4-2-5-10-19)20-11-6-3-7-12-20)24-28(39-31)41(18-37-24)29-25(43)26(23(16-42)46-29)47-30(44)32(33,34)35/h2-7,9-12,18,21-23,25-26,29,42-43H,8,13-17H2,1H3,(H,36,38,39)/t21-,23-,25-,26-,29-/m1/s1. The largest absolute Gasteiger partial charge is 0.490 e. The Hall–Kier alpha value is -4.31. The summed E-state index contributed by atoms with van der Waals surface area (Å²) >= 11 is 0. The number of carbonyl (C=O) groups is 1. The fourth-order valence-corrected chi connectivity index (χ4v) is 6.24. The van der Waals surface area contributed by atoms with Crippen LogP contribution in [0.3, 0.4) is 0 Å². The second-order valence-electron chi connectivity index (χ2n) is 11.5. The number of nitrogens with one attached hydrogen (secondary N) is 1. The number of carbonyl (C=O) groups excluding carboxylic acids is 1. The molecule has 0 aliphatic carbocycles. The third kappa shape index (κ3) is 6.74. The van der Waals surface area contributed by atoms with Gasteiger partial charge < -0.3 is 34.6 Å². The molecule has 47 heavy (non-hydrogen) atoms. The Morgan fingerprint density at radius 2 is 1.79 bits per heavy atom. The fourth-order valence-electron chi connectivity index (χ4n) is 6.24. The van der Waals surface area contributed by atoms with Gasteiger partial charge in [0.05, 0.1) is 25.6 Å². The molecule has 2 fully saturated rings. The quantitative estimate of drug-likeness (QED) is 0.204. The molecule has 0 amide bonds. The molecule has 12 nitrogen and oxygen atoms in total. The summed E-state index contributed by atoms with van der Waals surface area (Å²) in [6, 6.07) is 20.0. The van der Waals surface area contributed by atoms with E-state index in [0.29, 0.717) is 37.0 Å². The van der Waals surface area contributed by atoms with Crippen molar-refractivity contribution in [2.24, 2.45) is 0 Å². The normalized spacial score (nSPS) is 23.1. The predicted octanol–water partition coefficient (Wildman–Crippen LogP) is 3.41. The van der Waals surface area contributed by atoms with Crippen LogP contribution in [0.5, 0.6) is 0 Å². The Labute approximate surface area is 268 Å². The molecule has 5 atom stereocenters. The van der Waals surface area contributed by atoms with E-state index in [4.69, 9.17) is 19.4 Å². The van der Waals surface area contributed by atoms with Crippen molar-refractivity contribution in [1.82, 2.24) is 19.5 Å². The Morgan fingerprint density at radius 3 is 2.40 bits per heavy atom. The molecule has 15 heteroatoms. The maximum atomic E-state index is 13.0. The predicted molar refractivity (Wildman–Crippen MR) is 164 cm³/mol. The second kappa shape index (κ2) is 13.8. The highest BCUT2D eigenvalue weighted by atomic mass is 19.4. The number of rotatable bonds is 11. The van der Waals surface area contributed by atoms with E-state index in [1.54, 1.807) is 7.11 Å². The highest BCUT2D eigenvalue weighted by Crippen LogP contribution is 2.36. The average molecular weight is 657 g/mol. The molecule has 4 heterocycles. The van der Waals surface area contributed by atoms with Gasteiger partial charge in [-0.15, -0.1) is 0 Å². The Balaban J connectivity index is 1.38. The summed E-state index contributed by atoms with van der Waals surface area (Å²) in [5, 5.41) is 24.4. The van der Waals surface area contributed by atoms with E-state index in [1.165, 1.54) is 10.9 Å². The van der Waals surface area contributed by atoms with Crippen molar-refractivity contribution >= 4 is 28.9 Å². The monoisotopic (exact) mass is 656 g/mol. The van der Waals surface area contributed by atoms with Crippen LogP contribution in [-0.2, 0) is 19.0 Å². The number of ether oxygens (including phenoxy) is 3. The van der Waals surface area contributed by atoms with Crippen molar-refractivity contribution in [2.75, 3.05) is 43.6 Å². The number of aromatic nitrogens is 4. The average Bonchev–Trinajstić information content (AvgIpc) is 3.79. The number of nitrogens with zero attached hydrogens (tertiary/aromatic N) is 5. The van der Waals surface area contributed by atoms with Crippen LogP contribution >= 0.6 is 0 Å². The van der Waals surface area contributed by atoms with E-state index in [9.17, 15) is 28.2 Å². The van der Waals surface area contributed by atoms with Gasteiger partial charge in [-0.2, -0.15) is 23.1 Å². The molecule has 250 valence electrons. The third-order valence-corrected chi connectivity index (χ3v) is 8.52. The molecular formula is C32H35F3N6O6. The molecular weight excluding hydrogens is 621 g/mol. The summed E-state index contributed by atoms with van der Waals surface area (Å²) in [4.78, 5) is 27.8. The van der Waals surface area contributed by atoms with Gasteiger partial charge in [0, 0.05) is 26.1 Å². The fraction of sp³-hybridized carbons (Fsp3) is 0.438. The Morgan fingerprint density at radius 1 is 1.11 bits per heavy atom. The maximum Gasteiger partial charge on any atom is 0.490 e. The first-order valence-electron chi connectivity index (χ1n) is 15.3. The van der Waals surface area contributed by atoms with Gasteiger partial charge in [0.15, 0.2) is 29.3 Å². The summed E-state index contributed by atoms with van der Waals surface area (Å²) in [7, 11) is 1.62. The van der Waals surface area contributed by atoms with Gasteiger partial charge in [0.2, 0.25) is 5.95 Å². The van der Waals surface area contributed by atoms with Gasteiger partial charge in [-0.1, -0.05) is 60.7 Å². The lowest BCUT2D eigenvalue weighted by Crippen LogP contribution is -2.41. The molecule has 0 unspecified atom stereocenters. The summed E-state index contributed by atoms with van der Waals surface area (Å²) in [5.74, 6) is -1.80. The lowest BCUT2D eigenvalue weighted by atomic mass is 9.91. The van der Waals surface area contributed by atoms with Crippen molar-refractivity contribution in [3.8, 4) is 0 Å². The Kier molecular flexibility index (Phi) is 9.59. The van der Waals surface area contributed by atoms with Crippen LogP contribution < -0.4 is 10.2 Å². The van der Waals surface area contributed by atoms with Gasteiger partial charge in [-0.05, 0) is 24.0 Å². The van der Waals surface area contributed by atoms with Crippen molar-refractivity contribution in [3.63, 3.8) is 0 Å². The van der Waals surface area contributed by atoms with Gasteiger partial charge in [-0.3, -0.25) is 4.57 Å². The summed E-state index contributed by atoms with van der Waals surface area (Å²) in [5.41, 5.74) is 2.71. The zero-order valence-corrected chi connectivity index (χ0v) is 25.5. The molecule has 2 aromatic heterocycles. The Bertz CT molecular complexity index is 1620. The molecule has 2 aliphatic heterocycles. The molecule has 6 rings (SSSR count). The third-order valence-electron chi connectivity index (χ3n) is 8.52. The van der Waals surface area contributed by atoms with Crippen LogP contribution in [0, 0.1) is 0 Å². The van der Waals surface area contributed by atoms with Crippen LogP contribution in [0.4, 0.5) is 24.9 Å². The zero-order chi connectivity index (χ0) is 33.1. The maximum absolute atomic E-state index is 13.0. The topological polar surface area (TPSA) is 144 Å². The smallest absolute Gasteiger partial charge is 0.450 e. The number of aliphatic hydroxyl groups excluding tert-OH is 2. The van der Waals surface area contributed by atoms with E-state index in [0.717, 1.165) is 24.0 Å². The SMILES string of the molecule is COC[C@H]1CCCN1c1nc(NCC(c2ccccc2)c2ccccc2)c2ncn([C@@H]3O[C@H](CO)[C@@H](OC(=O)C(F)(F)F)[C@H]3O)c2n1. The lowest BCUT2D eigenvalue weighted by molar-refractivity contribution is -0.210. The minimum Gasteiger partial charge on any atom is -0.450 e. The molecule has 0 spiro atoms. The van der Waals surface area contributed by atoms with Gasteiger partial charge in [0.25, 0.3) is 0 Å². The van der Waals surface area contributed by atoms with Crippen molar-refractivity contribution in [1.29, 1.82) is 0 Å². The summed E-state index contributed by atoms with van der Waals surface area (Å²) < 4.78 is 56.1. The van der Waals surface area contributed by atoms with E-state index in [2.05, 4.69) is 15.0 Å². The number of methoxy groups -OCH3 is 1. The number of benzene rings is 2. The first-order chi connectivity index (χ1) is 22.7. The molecule has 4 aromatic rings. The lowest BCUT2D eigenvalue weighted by Gasteiger charge is -2.25. The summed E-state index contributed by atoms with van der Waals surface area (Å²) in [6.07, 6.45) is -8.61. The number of aliphatic hydroxyl groups is 2. The van der Waals surface area contributed by atoms with E-state index < -0.39 is 43.3 Å². The van der Waals surface area contributed by atoms with Gasteiger partial charge in [-0.25, -0.2) is 9.78 Å². The number of anilines is 2. The number of hydrogen-bond donors (Lipinski definition) is 3. The highest BCUT2D eigenvalue weighted by Gasteiger charge is 2.51. The number of hydrogen-bond acceptors (Lipinski definition) is 11. The number of imidazole rings is 1. The van der Waals surface area contributed by atoms with Crippen LogP contribution in [-0.4, -0.2) is 99.6 Å². The van der Waals surface area contributed by atoms with Gasteiger partial charge in [0.1, 0.15) is 12.2 Å². The first-order valence-corrected chi connectivity index (χ1v) is 15.3. The van der Waals surface area contributed by atoms with Crippen molar-refractivity contribution in [3.05, 3.63) is 78.1 Å². The van der Waals surface area contributed by atoms with Crippen LogP contribution in [0.25, 0.3) is 11.2 Å². The minimum atomic E-state index is -5.30. The van der Waals surface area contributed by atoms with E-state index >= 15 is 0 Å². The number of fused-ring (bicyclic) bond motifs is 1. The molecule has 2 aromatic carbocycles. The van der Waals surface area contributed by atoms with Crippen molar-refractivity contribution < 1.29 is 42.4 Å². The molecule has 2 aliphatic rings. The first kappa shape index (κ1) is 32.6. The van der Waals surface area contributed by atoms with Gasteiger partial charge >= 0.3 is 12.1 Å². The second-order valence-corrected chi connectivity index (χ2v) is 11.5.